The van der Waals surface area contributed by atoms with Crippen LogP contribution in [-0.2, 0) is 24.0 Å². The third-order valence-electron chi connectivity index (χ3n) is 8.53. The van der Waals surface area contributed by atoms with Crippen molar-refractivity contribution in [3.8, 4) is 0 Å². The Morgan fingerprint density at radius 3 is 2.03 bits per heavy atom. The fourth-order valence-corrected chi connectivity index (χ4v) is 6.49. The summed E-state index contributed by atoms with van der Waals surface area (Å²) in [5.41, 5.74) is 5.51. The number of nitrogens with two attached hydrogens (primary N) is 1. The number of nitrogens with zero attached hydrogens (tertiary/aromatic N) is 1. The van der Waals surface area contributed by atoms with E-state index in [1.54, 1.807) is 0 Å². The molecule has 3 fully saturated rings. The first-order chi connectivity index (χ1) is 18.1. The van der Waals surface area contributed by atoms with Crippen molar-refractivity contribution in [3.05, 3.63) is 0 Å². The lowest BCUT2D eigenvalue weighted by Crippen LogP contribution is -2.57. The van der Waals surface area contributed by atoms with E-state index in [0.717, 1.165) is 44.9 Å². The fraction of sp³-hybridized carbons (Fsp3) is 0.821. The summed E-state index contributed by atoms with van der Waals surface area (Å²) in [6.07, 6.45) is 9.83. The normalized spacial score (nSPS) is 26.0. The van der Waals surface area contributed by atoms with Crippen LogP contribution in [-0.4, -0.2) is 64.3 Å². The van der Waals surface area contributed by atoms with Crippen molar-refractivity contribution in [3.63, 3.8) is 0 Å². The summed E-state index contributed by atoms with van der Waals surface area (Å²) in [6.45, 7) is 4.26. The number of primary amides is 1. The molecule has 0 spiro atoms. The summed E-state index contributed by atoms with van der Waals surface area (Å²) in [7, 11) is 0. The molecule has 2 aliphatic carbocycles. The number of amides is 4. The van der Waals surface area contributed by atoms with Gasteiger partial charge in [0.05, 0.1) is 11.8 Å². The van der Waals surface area contributed by atoms with Gasteiger partial charge >= 0.3 is 5.97 Å². The first-order valence-electron chi connectivity index (χ1n) is 14.5. The molecular weight excluding hydrogens is 488 g/mol. The van der Waals surface area contributed by atoms with Crippen molar-refractivity contribution in [1.29, 1.82) is 0 Å². The van der Waals surface area contributed by atoms with E-state index in [1.165, 1.54) is 4.90 Å². The SMILES string of the molecule is CC(C)C[C@H](NC(=O)[C@@H]1CCCN1C(=O)[C@H](CC1CCCCC1)NC(=O)[C@@H]1CCCC[C@H]1C(=O)O)C(N)=O. The summed E-state index contributed by atoms with van der Waals surface area (Å²) < 4.78 is 0. The summed E-state index contributed by atoms with van der Waals surface area (Å²) in [6, 6.07) is -2.35. The summed E-state index contributed by atoms with van der Waals surface area (Å²) in [5.74, 6) is -3.62. The second-order valence-electron chi connectivity index (χ2n) is 11.9. The highest BCUT2D eigenvalue weighted by molar-refractivity contribution is 5.95. The van der Waals surface area contributed by atoms with E-state index in [-0.39, 0.29) is 17.7 Å². The Kier molecular flexibility index (Phi) is 11.0. The van der Waals surface area contributed by atoms with Crippen LogP contribution in [0.15, 0.2) is 0 Å². The minimum atomic E-state index is -0.971. The van der Waals surface area contributed by atoms with E-state index in [4.69, 9.17) is 5.73 Å². The number of nitrogens with one attached hydrogen (secondary N) is 2. The first-order valence-corrected chi connectivity index (χ1v) is 14.5. The first kappa shape index (κ1) is 29.9. The highest BCUT2D eigenvalue weighted by Crippen LogP contribution is 2.32. The molecule has 2 saturated carbocycles. The number of rotatable bonds is 11. The minimum absolute atomic E-state index is 0.151. The van der Waals surface area contributed by atoms with E-state index in [9.17, 15) is 29.1 Å². The molecule has 1 aliphatic heterocycles. The minimum Gasteiger partial charge on any atom is -0.481 e. The van der Waals surface area contributed by atoms with Crippen LogP contribution in [0.3, 0.4) is 0 Å². The molecule has 0 radical (unpaired) electrons. The number of carbonyl (C=O) groups excluding carboxylic acids is 4. The zero-order valence-electron chi connectivity index (χ0n) is 23.0. The Morgan fingerprint density at radius 1 is 0.816 bits per heavy atom. The summed E-state index contributed by atoms with van der Waals surface area (Å²) >= 11 is 0. The maximum absolute atomic E-state index is 13.9. The molecule has 38 heavy (non-hydrogen) atoms. The van der Waals surface area contributed by atoms with Gasteiger partial charge in [-0.05, 0) is 50.4 Å². The number of hydrogen-bond acceptors (Lipinski definition) is 5. The quantitative estimate of drug-likeness (QED) is 0.318. The molecule has 10 nitrogen and oxygen atoms in total. The van der Waals surface area contributed by atoms with Crippen LogP contribution in [0.5, 0.6) is 0 Å². The van der Waals surface area contributed by atoms with Gasteiger partial charge in [0, 0.05) is 6.54 Å². The Balaban J connectivity index is 1.75. The average Bonchev–Trinajstić information content (AvgIpc) is 3.38. The molecule has 0 aromatic carbocycles. The predicted octanol–water partition coefficient (Wildman–Crippen LogP) is 2.34. The largest absolute Gasteiger partial charge is 0.481 e. The molecule has 4 amide bonds. The van der Waals surface area contributed by atoms with Gasteiger partial charge in [-0.2, -0.15) is 0 Å². The van der Waals surface area contributed by atoms with Crippen LogP contribution in [0.1, 0.15) is 97.3 Å². The van der Waals surface area contributed by atoms with Gasteiger partial charge in [-0.15, -0.1) is 0 Å². The summed E-state index contributed by atoms with van der Waals surface area (Å²) in [5, 5.41) is 15.3. The molecule has 0 unspecified atom stereocenters. The molecule has 0 aromatic heterocycles. The van der Waals surface area contributed by atoms with E-state index in [0.29, 0.717) is 51.0 Å². The van der Waals surface area contributed by atoms with Crippen molar-refractivity contribution >= 4 is 29.6 Å². The lowest BCUT2D eigenvalue weighted by atomic mass is 9.78. The molecule has 214 valence electrons. The Morgan fingerprint density at radius 2 is 1.42 bits per heavy atom. The molecular formula is C28H46N4O6. The fourth-order valence-electron chi connectivity index (χ4n) is 6.49. The predicted molar refractivity (Wildman–Crippen MR) is 142 cm³/mol. The molecule has 5 N–H and O–H groups in total. The van der Waals surface area contributed by atoms with Crippen molar-refractivity contribution in [2.24, 2.45) is 29.4 Å². The number of carbonyl (C=O) groups is 5. The highest BCUT2D eigenvalue weighted by Gasteiger charge is 2.42. The van der Waals surface area contributed by atoms with E-state index >= 15 is 0 Å². The highest BCUT2D eigenvalue weighted by atomic mass is 16.4. The van der Waals surface area contributed by atoms with Crippen LogP contribution < -0.4 is 16.4 Å². The molecule has 3 aliphatic rings. The van der Waals surface area contributed by atoms with Crippen LogP contribution in [0.4, 0.5) is 0 Å². The topological polar surface area (TPSA) is 159 Å². The monoisotopic (exact) mass is 534 g/mol. The smallest absolute Gasteiger partial charge is 0.307 e. The van der Waals surface area contributed by atoms with Gasteiger partial charge in [0.15, 0.2) is 0 Å². The van der Waals surface area contributed by atoms with E-state index in [2.05, 4.69) is 10.6 Å². The third-order valence-corrected chi connectivity index (χ3v) is 8.53. The second-order valence-corrected chi connectivity index (χ2v) is 11.9. The van der Waals surface area contributed by atoms with Gasteiger partial charge in [0.25, 0.3) is 0 Å². The zero-order valence-corrected chi connectivity index (χ0v) is 23.0. The number of aliphatic carboxylic acids is 1. The van der Waals surface area contributed by atoms with Crippen molar-refractivity contribution in [2.45, 2.75) is 115 Å². The molecule has 0 bridgehead atoms. The number of carboxylic acids is 1. The van der Waals surface area contributed by atoms with Crippen molar-refractivity contribution in [1.82, 2.24) is 15.5 Å². The van der Waals surface area contributed by atoms with Gasteiger partial charge in [-0.25, -0.2) is 0 Å². The number of hydrogen-bond donors (Lipinski definition) is 4. The number of likely N-dealkylation sites (tertiary alicyclic amines) is 1. The van der Waals surface area contributed by atoms with Crippen LogP contribution in [0.2, 0.25) is 0 Å². The average molecular weight is 535 g/mol. The Hall–Kier alpha value is -2.65. The van der Waals surface area contributed by atoms with Crippen LogP contribution >= 0.6 is 0 Å². The maximum atomic E-state index is 13.9. The zero-order chi connectivity index (χ0) is 27.8. The molecule has 0 aromatic rings. The van der Waals surface area contributed by atoms with Gasteiger partial charge in [0.1, 0.15) is 18.1 Å². The Labute approximate surface area is 225 Å². The van der Waals surface area contributed by atoms with E-state index in [1.807, 2.05) is 13.8 Å². The molecule has 1 saturated heterocycles. The number of carboxylic acid groups (broad SMARTS) is 1. The molecule has 3 rings (SSSR count). The van der Waals surface area contributed by atoms with Crippen molar-refractivity contribution in [2.75, 3.05) is 6.54 Å². The van der Waals surface area contributed by atoms with E-state index < -0.39 is 47.7 Å². The molecule has 10 heteroatoms. The Bertz CT molecular complexity index is 871. The van der Waals surface area contributed by atoms with Gasteiger partial charge in [0.2, 0.25) is 23.6 Å². The van der Waals surface area contributed by atoms with Crippen LogP contribution in [0.25, 0.3) is 0 Å². The maximum Gasteiger partial charge on any atom is 0.307 e. The molecule has 1 heterocycles. The molecule has 5 atom stereocenters. The second kappa shape index (κ2) is 13.9. The van der Waals surface area contributed by atoms with Gasteiger partial charge in [-0.1, -0.05) is 58.8 Å². The standard InChI is InChI=1S/C28H46N4O6/c1-17(2)15-21(24(29)33)30-26(35)23-13-8-14-32(23)27(36)22(16-18-9-4-3-5-10-18)31-25(34)19-11-6-7-12-20(19)28(37)38/h17-23H,3-16H2,1-2H3,(H2,29,33)(H,30,35)(H,31,34)(H,37,38)/t19-,20-,21+,22+,23+/m1/s1. The lowest BCUT2D eigenvalue weighted by Gasteiger charge is -2.34. The van der Waals surface area contributed by atoms with Crippen LogP contribution in [0, 0.1) is 23.7 Å². The summed E-state index contributed by atoms with van der Waals surface area (Å²) in [4.78, 5) is 65.7. The van der Waals surface area contributed by atoms with Crippen molar-refractivity contribution < 1.29 is 29.1 Å². The third kappa shape index (κ3) is 7.93. The van der Waals surface area contributed by atoms with Gasteiger partial charge in [-0.3, -0.25) is 24.0 Å². The lowest BCUT2D eigenvalue weighted by molar-refractivity contribution is -0.150. The van der Waals surface area contributed by atoms with Gasteiger partial charge < -0.3 is 26.4 Å².